The molecule has 2 aromatic carbocycles. The summed E-state index contributed by atoms with van der Waals surface area (Å²) in [4.78, 5) is 25.5. The predicted octanol–water partition coefficient (Wildman–Crippen LogP) is 3.40. The Balaban J connectivity index is 1.75. The first-order chi connectivity index (χ1) is 13.5. The van der Waals surface area contributed by atoms with Gasteiger partial charge in [-0.25, -0.2) is 0 Å². The third-order valence-electron chi connectivity index (χ3n) is 4.58. The number of aryl methyl sites for hydroxylation is 1. The summed E-state index contributed by atoms with van der Waals surface area (Å²) in [5.74, 6) is -0.712. The topological polar surface area (TPSA) is 76.0 Å². The lowest BCUT2D eigenvalue weighted by Crippen LogP contribution is -2.31. The Kier molecular flexibility index (Phi) is 5.89. The zero-order chi connectivity index (χ0) is 20.1. The van der Waals surface area contributed by atoms with Crippen LogP contribution in [0.1, 0.15) is 57.9 Å². The number of carbonyl (C=O) groups is 2. The minimum absolute atomic E-state index is 0.114. The highest BCUT2D eigenvalue weighted by Gasteiger charge is 2.24. The molecule has 3 aromatic rings. The van der Waals surface area contributed by atoms with Crippen LogP contribution >= 0.6 is 0 Å². The first kappa shape index (κ1) is 19.4. The van der Waals surface area contributed by atoms with Crippen LogP contribution in [0.4, 0.5) is 0 Å². The van der Waals surface area contributed by atoms with Gasteiger partial charge in [0.15, 0.2) is 5.69 Å². The van der Waals surface area contributed by atoms with E-state index in [9.17, 15) is 9.59 Å². The van der Waals surface area contributed by atoms with Crippen LogP contribution in [0.25, 0.3) is 0 Å². The molecule has 6 nitrogen and oxygen atoms in total. The highest BCUT2D eigenvalue weighted by molar-refractivity contribution is 6.06. The zero-order valence-electron chi connectivity index (χ0n) is 16.2. The summed E-state index contributed by atoms with van der Waals surface area (Å²) in [5, 5.41) is 10.0. The first-order valence-electron chi connectivity index (χ1n) is 9.21. The molecule has 0 aliphatic carbocycles. The molecule has 0 fully saturated rings. The van der Waals surface area contributed by atoms with Crippen LogP contribution in [-0.4, -0.2) is 21.6 Å². The number of hydrogen-bond donors (Lipinski definition) is 2. The van der Waals surface area contributed by atoms with Crippen LogP contribution in [0, 0.1) is 0 Å². The Morgan fingerprint density at radius 1 is 0.821 bits per heavy atom. The lowest BCUT2D eigenvalue weighted by Gasteiger charge is -2.15. The molecule has 0 unspecified atom stereocenters. The normalized spacial score (nSPS) is 12.8. The van der Waals surface area contributed by atoms with E-state index in [1.165, 1.54) is 4.68 Å². The van der Waals surface area contributed by atoms with Gasteiger partial charge in [0.05, 0.1) is 17.6 Å². The molecule has 0 bridgehead atoms. The van der Waals surface area contributed by atoms with E-state index < -0.39 is 0 Å². The molecular weight excluding hydrogens is 352 g/mol. The Morgan fingerprint density at radius 2 is 1.29 bits per heavy atom. The molecule has 28 heavy (non-hydrogen) atoms. The van der Waals surface area contributed by atoms with E-state index in [-0.39, 0.29) is 35.2 Å². The monoisotopic (exact) mass is 376 g/mol. The lowest BCUT2D eigenvalue weighted by atomic mass is 10.1. The molecule has 3 rings (SSSR count). The SMILES string of the molecule is C[C@@H](NC(=O)c1cn(C)nc1C(=O)N[C@H](C)c1ccccc1)c1ccccc1. The van der Waals surface area contributed by atoms with E-state index in [2.05, 4.69) is 15.7 Å². The second-order valence-electron chi connectivity index (χ2n) is 6.78. The molecule has 0 spiro atoms. The summed E-state index contributed by atoms with van der Waals surface area (Å²) in [5.41, 5.74) is 2.34. The number of nitrogens with one attached hydrogen (secondary N) is 2. The van der Waals surface area contributed by atoms with Crippen LogP contribution in [0.3, 0.4) is 0 Å². The average molecular weight is 376 g/mol. The van der Waals surface area contributed by atoms with Gasteiger partial charge in [0.2, 0.25) is 0 Å². The number of hydrogen-bond acceptors (Lipinski definition) is 3. The fraction of sp³-hybridized carbons (Fsp3) is 0.227. The molecule has 2 atom stereocenters. The van der Waals surface area contributed by atoms with Gasteiger partial charge in [0.25, 0.3) is 11.8 Å². The quantitative estimate of drug-likeness (QED) is 0.692. The van der Waals surface area contributed by atoms with Crippen molar-refractivity contribution in [2.45, 2.75) is 25.9 Å². The second kappa shape index (κ2) is 8.52. The summed E-state index contributed by atoms with van der Waals surface area (Å²) in [6.07, 6.45) is 1.56. The lowest BCUT2D eigenvalue weighted by molar-refractivity contribution is 0.0902. The number of rotatable bonds is 6. The van der Waals surface area contributed by atoms with Gasteiger partial charge in [0.1, 0.15) is 0 Å². The van der Waals surface area contributed by atoms with Gasteiger partial charge in [-0.3, -0.25) is 14.3 Å². The first-order valence-corrected chi connectivity index (χ1v) is 9.21. The number of aromatic nitrogens is 2. The highest BCUT2D eigenvalue weighted by atomic mass is 16.2. The largest absolute Gasteiger partial charge is 0.345 e. The van der Waals surface area contributed by atoms with Gasteiger partial charge >= 0.3 is 0 Å². The van der Waals surface area contributed by atoms with Crippen molar-refractivity contribution >= 4 is 11.8 Å². The minimum atomic E-state index is -0.380. The van der Waals surface area contributed by atoms with E-state index in [4.69, 9.17) is 0 Å². The van der Waals surface area contributed by atoms with E-state index in [1.807, 2.05) is 74.5 Å². The third kappa shape index (κ3) is 4.46. The molecule has 0 radical (unpaired) electrons. The van der Waals surface area contributed by atoms with Crippen LogP contribution in [-0.2, 0) is 7.05 Å². The Labute approximate surface area is 164 Å². The Morgan fingerprint density at radius 3 is 1.79 bits per heavy atom. The second-order valence-corrected chi connectivity index (χ2v) is 6.78. The molecule has 0 aliphatic rings. The molecule has 6 heteroatoms. The standard InChI is InChI=1S/C22H24N4O2/c1-15(17-10-6-4-7-11-17)23-21(27)19-14-26(3)25-20(19)22(28)24-16(2)18-12-8-5-9-13-18/h4-16H,1-3H3,(H,23,27)(H,24,28)/t15-,16-/m1/s1. The van der Waals surface area contributed by atoms with Crippen molar-refractivity contribution in [1.29, 1.82) is 0 Å². The van der Waals surface area contributed by atoms with Crippen LogP contribution in [0.15, 0.2) is 66.9 Å². The number of amides is 2. The van der Waals surface area contributed by atoms with E-state index in [0.29, 0.717) is 0 Å². The number of carbonyl (C=O) groups excluding carboxylic acids is 2. The average Bonchev–Trinajstić information content (AvgIpc) is 3.11. The van der Waals surface area contributed by atoms with Crippen molar-refractivity contribution < 1.29 is 9.59 Å². The van der Waals surface area contributed by atoms with Crippen LogP contribution < -0.4 is 10.6 Å². The molecule has 144 valence electrons. The van der Waals surface area contributed by atoms with Crippen LogP contribution in [0.2, 0.25) is 0 Å². The number of nitrogens with zero attached hydrogens (tertiary/aromatic N) is 2. The van der Waals surface area contributed by atoms with E-state index in [1.54, 1.807) is 13.2 Å². The maximum Gasteiger partial charge on any atom is 0.273 e. The highest BCUT2D eigenvalue weighted by Crippen LogP contribution is 2.16. The minimum Gasteiger partial charge on any atom is -0.345 e. The predicted molar refractivity (Wildman–Crippen MR) is 108 cm³/mol. The van der Waals surface area contributed by atoms with Crippen molar-refractivity contribution in [3.63, 3.8) is 0 Å². The summed E-state index contributed by atoms with van der Waals surface area (Å²) in [7, 11) is 1.69. The van der Waals surface area contributed by atoms with Crippen molar-refractivity contribution in [2.24, 2.45) is 7.05 Å². The molecule has 0 saturated heterocycles. The molecule has 2 N–H and O–H groups in total. The molecule has 0 saturated carbocycles. The molecule has 1 aromatic heterocycles. The Bertz CT molecular complexity index is 874. The summed E-state index contributed by atoms with van der Waals surface area (Å²) in [6.45, 7) is 3.80. The van der Waals surface area contributed by atoms with Gasteiger partial charge in [-0.05, 0) is 25.0 Å². The smallest absolute Gasteiger partial charge is 0.273 e. The van der Waals surface area contributed by atoms with Gasteiger partial charge in [-0.2, -0.15) is 5.10 Å². The molecular formula is C22H24N4O2. The van der Waals surface area contributed by atoms with Crippen LogP contribution in [0.5, 0.6) is 0 Å². The molecule has 0 aliphatic heterocycles. The van der Waals surface area contributed by atoms with Crippen molar-refractivity contribution in [3.05, 3.63) is 89.2 Å². The summed E-state index contributed by atoms with van der Waals surface area (Å²) < 4.78 is 1.48. The van der Waals surface area contributed by atoms with Crippen molar-refractivity contribution in [3.8, 4) is 0 Å². The van der Waals surface area contributed by atoms with E-state index >= 15 is 0 Å². The van der Waals surface area contributed by atoms with Gasteiger partial charge in [-0.15, -0.1) is 0 Å². The maximum atomic E-state index is 12.8. The van der Waals surface area contributed by atoms with E-state index in [0.717, 1.165) is 11.1 Å². The molecule has 2 amide bonds. The fourth-order valence-corrected chi connectivity index (χ4v) is 3.01. The van der Waals surface area contributed by atoms with Gasteiger partial charge < -0.3 is 10.6 Å². The summed E-state index contributed by atoms with van der Waals surface area (Å²) in [6, 6.07) is 18.9. The Hall–Kier alpha value is -3.41. The summed E-state index contributed by atoms with van der Waals surface area (Å²) >= 11 is 0. The zero-order valence-corrected chi connectivity index (χ0v) is 16.2. The van der Waals surface area contributed by atoms with Gasteiger partial charge in [0, 0.05) is 13.2 Å². The third-order valence-corrected chi connectivity index (χ3v) is 4.58. The fourth-order valence-electron chi connectivity index (χ4n) is 3.01. The maximum absolute atomic E-state index is 12.8. The van der Waals surface area contributed by atoms with Gasteiger partial charge in [-0.1, -0.05) is 60.7 Å². The van der Waals surface area contributed by atoms with Crippen molar-refractivity contribution in [1.82, 2.24) is 20.4 Å². The molecule has 1 heterocycles. The van der Waals surface area contributed by atoms with Crippen molar-refractivity contribution in [2.75, 3.05) is 0 Å². The number of benzene rings is 2.